The third kappa shape index (κ3) is 4.14. The molecule has 4 atom stereocenters. The zero-order chi connectivity index (χ0) is 17.6. The van der Waals surface area contributed by atoms with Crippen molar-refractivity contribution in [3.63, 3.8) is 0 Å². The molecule has 0 aromatic rings. The van der Waals surface area contributed by atoms with Gasteiger partial charge in [0.15, 0.2) is 0 Å². The Morgan fingerprint density at radius 2 is 1.78 bits per heavy atom. The molecule has 1 aliphatic heterocycles. The van der Waals surface area contributed by atoms with Crippen LogP contribution in [0.2, 0.25) is 0 Å². The molecule has 0 radical (unpaired) electrons. The van der Waals surface area contributed by atoms with Gasteiger partial charge in [-0.1, -0.05) is 0 Å². The highest BCUT2D eigenvalue weighted by Crippen LogP contribution is 2.45. The molecule has 1 aliphatic carbocycles. The van der Waals surface area contributed by atoms with E-state index in [-0.39, 0.29) is 23.9 Å². The first-order valence-electron chi connectivity index (χ1n) is 7.68. The van der Waals surface area contributed by atoms with Gasteiger partial charge in [-0.15, -0.1) is 0 Å². The lowest BCUT2D eigenvalue weighted by molar-refractivity contribution is -0.133. The van der Waals surface area contributed by atoms with E-state index < -0.39 is 21.9 Å². The average molecular weight is 347 g/mol. The van der Waals surface area contributed by atoms with Gasteiger partial charge >= 0.3 is 16.3 Å². The maximum Gasteiger partial charge on any atom is 0.422 e. The molecule has 8 nitrogen and oxygen atoms in total. The van der Waals surface area contributed by atoms with Crippen molar-refractivity contribution in [3.05, 3.63) is 0 Å². The second kappa shape index (κ2) is 5.94. The van der Waals surface area contributed by atoms with Gasteiger partial charge in [0.25, 0.3) is 0 Å². The summed E-state index contributed by atoms with van der Waals surface area (Å²) in [4.78, 5) is 25.2. The molecule has 0 bridgehead atoms. The van der Waals surface area contributed by atoms with Crippen LogP contribution in [-0.4, -0.2) is 61.4 Å². The van der Waals surface area contributed by atoms with Crippen molar-refractivity contribution < 1.29 is 22.7 Å². The molecule has 9 heteroatoms. The van der Waals surface area contributed by atoms with Crippen molar-refractivity contribution in [1.29, 1.82) is 0 Å². The molecule has 2 fully saturated rings. The summed E-state index contributed by atoms with van der Waals surface area (Å²) in [6.45, 7) is 4.98. The molecule has 2 aliphatic rings. The van der Waals surface area contributed by atoms with E-state index in [1.807, 2.05) is 4.72 Å². The van der Waals surface area contributed by atoms with Crippen LogP contribution in [0.15, 0.2) is 0 Å². The van der Waals surface area contributed by atoms with Crippen LogP contribution in [0.5, 0.6) is 0 Å². The topological polar surface area (TPSA) is 95.8 Å². The number of amides is 2. The Morgan fingerprint density at radius 3 is 2.30 bits per heavy atom. The van der Waals surface area contributed by atoms with Crippen molar-refractivity contribution in [1.82, 2.24) is 13.9 Å². The van der Waals surface area contributed by atoms with E-state index in [4.69, 9.17) is 4.74 Å². The molecule has 2 rings (SSSR count). The molecule has 0 aromatic carbocycles. The van der Waals surface area contributed by atoms with Gasteiger partial charge in [0.1, 0.15) is 5.60 Å². The third-order valence-electron chi connectivity index (χ3n) is 4.02. The fourth-order valence-corrected chi connectivity index (χ4v) is 4.56. The number of rotatable bonds is 3. The number of nitrogens with zero attached hydrogens (tertiary/aromatic N) is 2. The summed E-state index contributed by atoms with van der Waals surface area (Å²) in [5.41, 5.74) is -0.769. The van der Waals surface area contributed by atoms with Crippen LogP contribution >= 0.6 is 0 Å². The Kier molecular flexibility index (Phi) is 4.64. The average Bonchev–Trinajstić information content (AvgIpc) is 3.08. The highest BCUT2D eigenvalue weighted by atomic mass is 32.2. The van der Waals surface area contributed by atoms with Crippen LogP contribution in [0.25, 0.3) is 0 Å². The first-order valence-corrected chi connectivity index (χ1v) is 9.12. The number of hydrogen-bond donors (Lipinski definition) is 1. The zero-order valence-electron chi connectivity index (χ0n) is 14.2. The van der Waals surface area contributed by atoms with Crippen LogP contribution in [0.4, 0.5) is 4.79 Å². The van der Waals surface area contributed by atoms with E-state index in [1.54, 1.807) is 34.9 Å². The first kappa shape index (κ1) is 18.0. The highest BCUT2D eigenvalue weighted by molar-refractivity contribution is 7.88. The van der Waals surface area contributed by atoms with Crippen LogP contribution < -0.4 is 4.72 Å². The monoisotopic (exact) mass is 347 g/mol. The summed E-state index contributed by atoms with van der Waals surface area (Å²) in [5, 5.41) is 0. The molecule has 2 amide bonds. The van der Waals surface area contributed by atoms with E-state index >= 15 is 0 Å². The molecule has 0 spiro atoms. The molecule has 1 heterocycles. The number of fused-ring (bicyclic) bond motifs is 1. The SMILES string of the molecule is CN(C)C(=O)C1CCC2C(C1)N2S(=O)(=O)NC(=O)OC(C)(C)C. The van der Waals surface area contributed by atoms with Gasteiger partial charge in [0, 0.05) is 32.1 Å². The van der Waals surface area contributed by atoms with E-state index in [9.17, 15) is 18.0 Å². The summed E-state index contributed by atoms with van der Waals surface area (Å²) in [5.74, 6) is -0.138. The van der Waals surface area contributed by atoms with Crippen LogP contribution in [0.3, 0.4) is 0 Å². The molecule has 0 aromatic heterocycles. The van der Waals surface area contributed by atoms with E-state index in [1.165, 1.54) is 9.21 Å². The Bertz CT molecular complexity index is 596. The fraction of sp³-hybridized carbons (Fsp3) is 0.857. The summed E-state index contributed by atoms with van der Waals surface area (Å²) in [7, 11) is -0.538. The molecule has 1 N–H and O–H groups in total. The normalized spacial score (nSPS) is 30.1. The molecular formula is C14H25N3O5S. The van der Waals surface area contributed by atoms with Crippen molar-refractivity contribution >= 4 is 22.2 Å². The van der Waals surface area contributed by atoms with Gasteiger partial charge in [-0.25, -0.2) is 9.52 Å². The first-order chi connectivity index (χ1) is 10.4. The lowest BCUT2D eigenvalue weighted by atomic mass is 9.88. The lowest BCUT2D eigenvalue weighted by Gasteiger charge is -2.22. The molecule has 1 saturated carbocycles. The van der Waals surface area contributed by atoms with E-state index in [2.05, 4.69) is 0 Å². The molecular weight excluding hydrogens is 322 g/mol. The van der Waals surface area contributed by atoms with Gasteiger partial charge in [-0.05, 0) is 40.0 Å². The summed E-state index contributed by atoms with van der Waals surface area (Å²) >= 11 is 0. The minimum absolute atomic E-state index is 0.0211. The lowest BCUT2D eigenvalue weighted by Crippen LogP contribution is -2.40. The second-order valence-electron chi connectivity index (χ2n) is 7.32. The summed E-state index contributed by atoms with van der Waals surface area (Å²) < 4.78 is 32.8. The minimum Gasteiger partial charge on any atom is -0.443 e. The van der Waals surface area contributed by atoms with Gasteiger partial charge in [-0.2, -0.15) is 12.7 Å². The van der Waals surface area contributed by atoms with Crippen LogP contribution in [-0.2, 0) is 19.7 Å². The fourth-order valence-electron chi connectivity index (χ4n) is 3.07. The number of nitrogens with one attached hydrogen (secondary N) is 1. The predicted molar refractivity (Wildman–Crippen MR) is 83.7 cm³/mol. The Balaban J connectivity index is 1.96. The van der Waals surface area contributed by atoms with Crippen molar-refractivity contribution in [2.75, 3.05) is 14.1 Å². The smallest absolute Gasteiger partial charge is 0.422 e. The quantitative estimate of drug-likeness (QED) is 0.758. The molecule has 1 saturated heterocycles. The number of carbonyl (C=O) groups excluding carboxylic acids is 2. The Labute approximate surface area is 137 Å². The van der Waals surface area contributed by atoms with Gasteiger partial charge in [0.05, 0.1) is 0 Å². The predicted octanol–water partition coefficient (Wildman–Crippen LogP) is 0.697. The van der Waals surface area contributed by atoms with Crippen LogP contribution in [0.1, 0.15) is 40.0 Å². The number of carbonyl (C=O) groups is 2. The van der Waals surface area contributed by atoms with E-state index in [0.29, 0.717) is 19.3 Å². The summed E-state index contributed by atoms with van der Waals surface area (Å²) in [6, 6.07) is -0.335. The minimum atomic E-state index is -3.93. The molecule has 4 unspecified atom stereocenters. The standard InChI is InChI=1S/C14H25N3O5S/c1-14(2,3)22-13(19)15-23(20,21)17-10-7-6-9(8-11(10)17)12(18)16(4)5/h9-11H,6-8H2,1-5H3,(H,15,19). The van der Waals surface area contributed by atoms with Crippen molar-refractivity contribution in [3.8, 4) is 0 Å². The number of hydrogen-bond acceptors (Lipinski definition) is 5. The van der Waals surface area contributed by atoms with Gasteiger partial charge < -0.3 is 9.64 Å². The molecule has 23 heavy (non-hydrogen) atoms. The summed E-state index contributed by atoms with van der Waals surface area (Å²) in [6.07, 6.45) is 0.805. The van der Waals surface area contributed by atoms with Crippen LogP contribution in [0, 0.1) is 5.92 Å². The Morgan fingerprint density at radius 1 is 1.17 bits per heavy atom. The van der Waals surface area contributed by atoms with Crippen molar-refractivity contribution in [2.45, 2.75) is 57.7 Å². The second-order valence-corrected chi connectivity index (χ2v) is 8.89. The van der Waals surface area contributed by atoms with Gasteiger partial charge in [0.2, 0.25) is 5.91 Å². The zero-order valence-corrected chi connectivity index (χ0v) is 15.0. The van der Waals surface area contributed by atoms with Crippen molar-refractivity contribution in [2.24, 2.45) is 5.92 Å². The maximum absolute atomic E-state index is 12.3. The van der Waals surface area contributed by atoms with E-state index in [0.717, 1.165) is 0 Å². The maximum atomic E-state index is 12.3. The highest BCUT2D eigenvalue weighted by Gasteiger charge is 2.58. The largest absolute Gasteiger partial charge is 0.443 e. The number of ether oxygens (including phenoxy) is 1. The molecule has 132 valence electrons. The third-order valence-corrected chi connectivity index (χ3v) is 5.55. The Hall–Kier alpha value is -1.35. The van der Waals surface area contributed by atoms with Gasteiger partial charge in [-0.3, -0.25) is 4.79 Å².